The van der Waals surface area contributed by atoms with E-state index in [0.29, 0.717) is 0 Å². The first kappa shape index (κ1) is 13.7. The molecule has 0 amide bonds. The van der Waals surface area contributed by atoms with Gasteiger partial charge in [0, 0.05) is 11.1 Å². The summed E-state index contributed by atoms with van der Waals surface area (Å²) in [6.45, 7) is 6.32. The van der Waals surface area contributed by atoms with Gasteiger partial charge in [-0.2, -0.15) is 0 Å². The minimum absolute atomic E-state index is 0.0452. The number of anilines is 1. The third kappa shape index (κ3) is 3.08. The lowest BCUT2D eigenvalue weighted by molar-refractivity contribution is 0.365. The van der Waals surface area contributed by atoms with Crippen LogP contribution in [-0.4, -0.2) is 21.8 Å². The molecule has 2 aromatic rings. The van der Waals surface area contributed by atoms with Crippen molar-refractivity contribution < 1.29 is 0 Å². The average Bonchev–Trinajstić information content (AvgIpc) is 2.46. The lowest BCUT2D eigenvalue weighted by Crippen LogP contribution is -2.39. The van der Waals surface area contributed by atoms with Crippen molar-refractivity contribution in [1.82, 2.24) is 15.3 Å². The molecular formula is C16H19N5. The zero-order chi connectivity index (χ0) is 14.9. The second kappa shape index (κ2) is 5.26. The van der Waals surface area contributed by atoms with E-state index in [0.717, 1.165) is 22.8 Å². The molecule has 1 aliphatic heterocycles. The highest BCUT2D eigenvalue weighted by Crippen LogP contribution is 2.27. The monoisotopic (exact) mass is 281 g/mol. The van der Waals surface area contributed by atoms with Crippen LogP contribution >= 0.6 is 0 Å². The molecule has 2 heterocycles. The molecule has 1 unspecified atom stereocenters. The maximum Gasteiger partial charge on any atom is 0.157 e. The number of rotatable bonds is 2. The van der Waals surface area contributed by atoms with Gasteiger partial charge in [-0.15, -0.1) is 0 Å². The number of nitrogens with one attached hydrogen (secondary N) is 2. The number of benzene rings is 1. The van der Waals surface area contributed by atoms with Gasteiger partial charge in [0.05, 0.1) is 18.2 Å². The molecule has 5 nitrogen and oxygen atoms in total. The maximum absolute atomic E-state index is 4.66. The summed E-state index contributed by atoms with van der Waals surface area (Å²) in [5.74, 6) is 0.758. The Balaban J connectivity index is 1.94. The second-order valence-electron chi connectivity index (χ2n) is 6.07. The minimum Gasteiger partial charge on any atom is -0.330 e. The first-order chi connectivity index (χ1) is 10.0. The largest absolute Gasteiger partial charge is 0.330 e. The molecule has 5 heteroatoms. The lowest BCUT2D eigenvalue weighted by atomic mass is 10.1. The summed E-state index contributed by atoms with van der Waals surface area (Å²) in [5, 5.41) is 6.52. The Hall–Kier alpha value is -2.27. The van der Waals surface area contributed by atoms with Gasteiger partial charge < -0.3 is 5.32 Å². The topological polar surface area (TPSA) is 62.2 Å². The van der Waals surface area contributed by atoms with Crippen LogP contribution in [0.5, 0.6) is 0 Å². The maximum atomic E-state index is 4.66. The Labute approximate surface area is 124 Å². The Kier molecular flexibility index (Phi) is 3.43. The molecule has 0 aliphatic carbocycles. The highest BCUT2D eigenvalue weighted by Gasteiger charge is 2.24. The summed E-state index contributed by atoms with van der Waals surface area (Å²) in [5.41, 5.74) is 2.69. The van der Waals surface area contributed by atoms with E-state index in [1.807, 2.05) is 30.3 Å². The predicted octanol–water partition coefficient (Wildman–Crippen LogP) is 2.98. The summed E-state index contributed by atoms with van der Waals surface area (Å²) in [6.07, 6.45) is 3.31. The van der Waals surface area contributed by atoms with E-state index in [-0.39, 0.29) is 11.7 Å². The molecule has 21 heavy (non-hydrogen) atoms. The fourth-order valence-electron chi connectivity index (χ4n) is 2.21. The molecule has 3 rings (SSSR count). The van der Waals surface area contributed by atoms with Crippen molar-refractivity contribution in [3.05, 3.63) is 42.2 Å². The zero-order valence-electron chi connectivity index (χ0n) is 12.5. The van der Waals surface area contributed by atoms with Crippen molar-refractivity contribution >= 4 is 12.2 Å². The molecule has 0 bridgehead atoms. The summed E-state index contributed by atoms with van der Waals surface area (Å²) in [7, 11) is 0. The van der Waals surface area contributed by atoms with E-state index in [1.54, 1.807) is 12.5 Å². The molecular weight excluding hydrogens is 262 g/mol. The third-order valence-electron chi connectivity index (χ3n) is 3.12. The normalized spacial score (nSPS) is 17.2. The number of hydrogen-bond donors (Lipinski definition) is 2. The smallest absolute Gasteiger partial charge is 0.157 e. The lowest BCUT2D eigenvalue weighted by Gasteiger charge is -2.28. The molecule has 0 saturated carbocycles. The van der Waals surface area contributed by atoms with Crippen molar-refractivity contribution in [3.63, 3.8) is 0 Å². The highest BCUT2D eigenvalue weighted by atomic mass is 15.2. The van der Waals surface area contributed by atoms with Gasteiger partial charge in [0.15, 0.2) is 5.82 Å². The van der Waals surface area contributed by atoms with Crippen molar-refractivity contribution in [2.75, 3.05) is 5.32 Å². The van der Waals surface area contributed by atoms with Crippen LogP contribution in [0.1, 0.15) is 32.6 Å². The summed E-state index contributed by atoms with van der Waals surface area (Å²) >= 11 is 0. The number of nitrogens with zero attached hydrogens (tertiary/aromatic N) is 3. The molecule has 1 aliphatic rings. The van der Waals surface area contributed by atoms with Gasteiger partial charge in [-0.05, 0) is 20.8 Å². The van der Waals surface area contributed by atoms with Gasteiger partial charge in [-0.3, -0.25) is 10.3 Å². The molecule has 2 N–H and O–H groups in total. The Morgan fingerprint density at radius 3 is 2.62 bits per heavy atom. The van der Waals surface area contributed by atoms with Crippen LogP contribution in [0.4, 0.5) is 5.82 Å². The van der Waals surface area contributed by atoms with Gasteiger partial charge >= 0.3 is 0 Å². The number of fused-ring (bicyclic) bond motifs is 1. The number of aliphatic imine (C=N–C) groups is 1. The number of aromatic nitrogens is 2. The van der Waals surface area contributed by atoms with Crippen LogP contribution in [0.3, 0.4) is 0 Å². The van der Waals surface area contributed by atoms with E-state index in [2.05, 4.69) is 46.4 Å². The van der Waals surface area contributed by atoms with Gasteiger partial charge in [0.1, 0.15) is 11.9 Å². The fourth-order valence-corrected chi connectivity index (χ4v) is 2.21. The Bertz CT molecular complexity index is 658. The van der Waals surface area contributed by atoms with Gasteiger partial charge in [0.2, 0.25) is 0 Å². The van der Waals surface area contributed by atoms with E-state index < -0.39 is 0 Å². The molecule has 0 spiro atoms. The van der Waals surface area contributed by atoms with Crippen LogP contribution in [0, 0.1) is 0 Å². The fraction of sp³-hybridized carbons (Fsp3) is 0.312. The Morgan fingerprint density at radius 2 is 1.90 bits per heavy atom. The van der Waals surface area contributed by atoms with Crippen molar-refractivity contribution in [3.8, 4) is 11.3 Å². The molecule has 0 radical (unpaired) electrons. The van der Waals surface area contributed by atoms with Crippen LogP contribution in [0.2, 0.25) is 0 Å². The van der Waals surface area contributed by atoms with E-state index in [1.165, 1.54) is 0 Å². The first-order valence-corrected chi connectivity index (χ1v) is 7.01. The highest BCUT2D eigenvalue weighted by molar-refractivity contribution is 5.78. The summed E-state index contributed by atoms with van der Waals surface area (Å²) in [4.78, 5) is 13.6. The third-order valence-corrected chi connectivity index (χ3v) is 3.12. The van der Waals surface area contributed by atoms with Gasteiger partial charge in [0.25, 0.3) is 0 Å². The molecule has 0 saturated heterocycles. The quantitative estimate of drug-likeness (QED) is 0.888. The summed E-state index contributed by atoms with van der Waals surface area (Å²) in [6, 6.07) is 10.0. The van der Waals surface area contributed by atoms with Crippen molar-refractivity contribution in [2.45, 2.75) is 32.5 Å². The van der Waals surface area contributed by atoms with E-state index >= 15 is 0 Å². The Morgan fingerprint density at radius 1 is 1.14 bits per heavy atom. The van der Waals surface area contributed by atoms with Gasteiger partial charge in [-0.1, -0.05) is 30.3 Å². The average molecular weight is 281 g/mol. The van der Waals surface area contributed by atoms with Gasteiger partial charge in [-0.25, -0.2) is 9.98 Å². The second-order valence-corrected chi connectivity index (χ2v) is 6.07. The van der Waals surface area contributed by atoms with E-state index in [9.17, 15) is 0 Å². The van der Waals surface area contributed by atoms with Crippen molar-refractivity contribution in [1.29, 1.82) is 0 Å². The minimum atomic E-state index is -0.168. The molecule has 108 valence electrons. The first-order valence-electron chi connectivity index (χ1n) is 7.01. The molecule has 1 atom stereocenters. The number of hydrogen-bond acceptors (Lipinski definition) is 5. The van der Waals surface area contributed by atoms with Crippen LogP contribution in [0.15, 0.2) is 41.5 Å². The molecule has 1 aromatic heterocycles. The zero-order valence-corrected chi connectivity index (χ0v) is 12.5. The van der Waals surface area contributed by atoms with Crippen LogP contribution in [-0.2, 0) is 0 Å². The SMILES string of the molecule is CC(C)(C)NC1N=CNc2nc(-c3ccccc3)cnc21. The van der Waals surface area contributed by atoms with Crippen molar-refractivity contribution in [2.24, 2.45) is 4.99 Å². The predicted molar refractivity (Wildman–Crippen MR) is 85.2 cm³/mol. The van der Waals surface area contributed by atoms with Crippen LogP contribution < -0.4 is 10.6 Å². The molecule has 0 fully saturated rings. The van der Waals surface area contributed by atoms with Crippen LogP contribution in [0.25, 0.3) is 11.3 Å². The van der Waals surface area contributed by atoms with E-state index in [4.69, 9.17) is 0 Å². The summed E-state index contributed by atoms with van der Waals surface area (Å²) < 4.78 is 0. The molecule has 1 aromatic carbocycles. The standard InChI is InChI=1S/C16H19N5/c1-16(2,3)21-15-13-14(18-10-19-15)20-12(9-17-13)11-7-5-4-6-8-11/h4-10,15,21H,1-3H3,(H,18,19,20).